The van der Waals surface area contributed by atoms with Gasteiger partial charge in [-0.3, -0.25) is 4.79 Å². The van der Waals surface area contributed by atoms with Gasteiger partial charge in [-0.05, 0) is 18.8 Å². The maximum atomic E-state index is 11.6. The van der Waals surface area contributed by atoms with Crippen LogP contribution < -0.4 is 10.6 Å². The van der Waals surface area contributed by atoms with Gasteiger partial charge in [0.15, 0.2) is 5.82 Å². The molecule has 2 amide bonds. The summed E-state index contributed by atoms with van der Waals surface area (Å²) >= 11 is 0. The summed E-state index contributed by atoms with van der Waals surface area (Å²) in [6, 6.07) is -0.300. The molecule has 0 spiro atoms. The molecule has 21 heavy (non-hydrogen) atoms. The molecule has 0 bridgehead atoms. The summed E-state index contributed by atoms with van der Waals surface area (Å²) in [4.78, 5) is 26.7. The Kier molecular flexibility index (Phi) is 5.13. The molecule has 1 aliphatic rings. The zero-order valence-electron chi connectivity index (χ0n) is 12.0. The molecule has 0 aromatic carbocycles. The summed E-state index contributed by atoms with van der Waals surface area (Å²) in [5.41, 5.74) is 0. The van der Waals surface area contributed by atoms with Crippen LogP contribution in [0, 0.1) is 18.8 Å². The molecular formula is C13H20N4O4. The van der Waals surface area contributed by atoms with Crippen molar-refractivity contribution in [2.24, 2.45) is 11.8 Å². The molecule has 1 aromatic rings. The molecule has 1 fully saturated rings. The number of aryl methyl sites for hydroxylation is 1. The van der Waals surface area contributed by atoms with Crippen molar-refractivity contribution in [3.8, 4) is 0 Å². The first kappa shape index (κ1) is 15.3. The van der Waals surface area contributed by atoms with E-state index in [0.29, 0.717) is 37.6 Å². The van der Waals surface area contributed by atoms with E-state index < -0.39 is 5.97 Å². The maximum absolute atomic E-state index is 11.6. The molecule has 1 heterocycles. The lowest BCUT2D eigenvalue weighted by Gasteiger charge is -2.16. The number of aromatic nitrogens is 2. The summed E-state index contributed by atoms with van der Waals surface area (Å²) in [5.74, 6) is -0.0437. The Labute approximate surface area is 122 Å². The zero-order valence-corrected chi connectivity index (χ0v) is 12.0. The standard InChI is InChI=1S/C13H20N4O4/c1-8-16-11(17-21-8)5-6-14-13(20)15-7-9-3-2-4-10(9)12(18)19/h9-10H,2-7H2,1H3,(H,18,19)(H2,14,15,20). The second-order valence-electron chi connectivity index (χ2n) is 5.25. The van der Waals surface area contributed by atoms with E-state index in [-0.39, 0.29) is 17.9 Å². The molecule has 8 nitrogen and oxygen atoms in total. The third kappa shape index (κ3) is 4.44. The summed E-state index contributed by atoms with van der Waals surface area (Å²) in [5, 5.41) is 18.2. The Bertz CT molecular complexity index is 502. The Morgan fingerprint density at radius 3 is 2.86 bits per heavy atom. The van der Waals surface area contributed by atoms with E-state index >= 15 is 0 Å². The Hall–Kier alpha value is -2.12. The average molecular weight is 296 g/mol. The van der Waals surface area contributed by atoms with Gasteiger partial charge in [0.25, 0.3) is 0 Å². The first-order valence-corrected chi connectivity index (χ1v) is 7.10. The molecule has 3 N–H and O–H groups in total. The van der Waals surface area contributed by atoms with Crippen LogP contribution in [0.3, 0.4) is 0 Å². The molecule has 2 atom stereocenters. The molecule has 0 aliphatic heterocycles. The van der Waals surface area contributed by atoms with Crippen LogP contribution >= 0.6 is 0 Å². The van der Waals surface area contributed by atoms with Crippen molar-refractivity contribution in [2.45, 2.75) is 32.6 Å². The van der Waals surface area contributed by atoms with Gasteiger partial charge in [0.05, 0.1) is 5.92 Å². The van der Waals surface area contributed by atoms with E-state index in [0.717, 1.165) is 12.8 Å². The highest BCUT2D eigenvalue weighted by atomic mass is 16.5. The lowest BCUT2D eigenvalue weighted by Crippen LogP contribution is -2.40. The third-order valence-corrected chi connectivity index (χ3v) is 3.70. The molecular weight excluding hydrogens is 276 g/mol. The largest absolute Gasteiger partial charge is 0.481 e. The summed E-state index contributed by atoms with van der Waals surface area (Å²) in [7, 11) is 0. The van der Waals surface area contributed by atoms with Gasteiger partial charge in [-0.1, -0.05) is 11.6 Å². The normalized spacial score (nSPS) is 21.2. The highest BCUT2D eigenvalue weighted by Crippen LogP contribution is 2.31. The fourth-order valence-corrected chi connectivity index (χ4v) is 2.62. The lowest BCUT2D eigenvalue weighted by atomic mass is 9.96. The number of carbonyl (C=O) groups is 2. The van der Waals surface area contributed by atoms with Crippen LogP contribution in [0.4, 0.5) is 4.79 Å². The number of nitrogens with one attached hydrogen (secondary N) is 2. The van der Waals surface area contributed by atoms with Gasteiger partial charge < -0.3 is 20.3 Å². The minimum atomic E-state index is -0.771. The second kappa shape index (κ2) is 7.05. The fourth-order valence-electron chi connectivity index (χ4n) is 2.62. The van der Waals surface area contributed by atoms with E-state index in [1.165, 1.54) is 0 Å². The quantitative estimate of drug-likeness (QED) is 0.712. The van der Waals surface area contributed by atoms with Gasteiger partial charge in [-0.2, -0.15) is 4.98 Å². The number of aliphatic carboxylic acids is 1. The van der Waals surface area contributed by atoms with E-state index in [4.69, 9.17) is 9.63 Å². The van der Waals surface area contributed by atoms with Crippen molar-refractivity contribution in [2.75, 3.05) is 13.1 Å². The van der Waals surface area contributed by atoms with Crippen LogP contribution in [0.5, 0.6) is 0 Å². The molecule has 0 saturated heterocycles. The van der Waals surface area contributed by atoms with Gasteiger partial charge in [0, 0.05) is 26.4 Å². The van der Waals surface area contributed by atoms with Gasteiger partial charge in [-0.15, -0.1) is 0 Å². The Morgan fingerprint density at radius 1 is 1.38 bits per heavy atom. The predicted molar refractivity (Wildman–Crippen MR) is 72.6 cm³/mol. The van der Waals surface area contributed by atoms with E-state index in [2.05, 4.69) is 20.8 Å². The topological polar surface area (TPSA) is 117 Å². The number of hydrogen-bond acceptors (Lipinski definition) is 5. The minimum absolute atomic E-state index is 0.0214. The average Bonchev–Trinajstić information content (AvgIpc) is 3.05. The molecule has 1 aromatic heterocycles. The summed E-state index contributed by atoms with van der Waals surface area (Å²) < 4.78 is 4.83. The first-order valence-electron chi connectivity index (χ1n) is 7.10. The Balaban J connectivity index is 1.64. The van der Waals surface area contributed by atoms with Gasteiger partial charge in [0.2, 0.25) is 5.89 Å². The van der Waals surface area contributed by atoms with E-state index in [9.17, 15) is 9.59 Å². The molecule has 0 radical (unpaired) electrons. The van der Waals surface area contributed by atoms with Crippen molar-refractivity contribution < 1.29 is 19.2 Å². The summed E-state index contributed by atoms with van der Waals surface area (Å²) in [6.45, 7) is 2.50. The number of carbonyl (C=O) groups excluding carboxylic acids is 1. The number of carboxylic acids is 1. The monoisotopic (exact) mass is 296 g/mol. The van der Waals surface area contributed by atoms with Crippen LogP contribution in [-0.4, -0.2) is 40.3 Å². The number of carboxylic acid groups (broad SMARTS) is 1. The van der Waals surface area contributed by atoms with Crippen molar-refractivity contribution in [1.82, 2.24) is 20.8 Å². The third-order valence-electron chi connectivity index (χ3n) is 3.70. The number of amides is 2. The molecule has 116 valence electrons. The smallest absolute Gasteiger partial charge is 0.314 e. The zero-order chi connectivity index (χ0) is 15.2. The van der Waals surface area contributed by atoms with E-state index in [1.807, 2.05) is 0 Å². The van der Waals surface area contributed by atoms with Gasteiger partial charge >= 0.3 is 12.0 Å². The van der Waals surface area contributed by atoms with Gasteiger partial charge in [-0.25, -0.2) is 4.79 Å². The second-order valence-corrected chi connectivity index (χ2v) is 5.25. The fraction of sp³-hybridized carbons (Fsp3) is 0.692. The molecule has 2 unspecified atom stereocenters. The van der Waals surface area contributed by atoms with Crippen molar-refractivity contribution in [3.05, 3.63) is 11.7 Å². The highest BCUT2D eigenvalue weighted by molar-refractivity contribution is 5.74. The minimum Gasteiger partial charge on any atom is -0.481 e. The SMILES string of the molecule is Cc1nc(CCNC(=O)NCC2CCCC2C(=O)O)no1. The lowest BCUT2D eigenvalue weighted by molar-refractivity contribution is -0.142. The van der Waals surface area contributed by atoms with Crippen LogP contribution in [0.25, 0.3) is 0 Å². The number of urea groups is 1. The first-order chi connectivity index (χ1) is 10.1. The number of hydrogen-bond donors (Lipinski definition) is 3. The predicted octanol–water partition coefficient (Wildman–Crippen LogP) is 0.721. The van der Waals surface area contributed by atoms with E-state index in [1.54, 1.807) is 6.92 Å². The Morgan fingerprint density at radius 2 is 2.19 bits per heavy atom. The molecule has 1 aliphatic carbocycles. The highest BCUT2D eigenvalue weighted by Gasteiger charge is 2.32. The molecule has 8 heteroatoms. The van der Waals surface area contributed by atoms with Crippen LogP contribution in [0.15, 0.2) is 4.52 Å². The number of rotatable bonds is 6. The van der Waals surface area contributed by atoms with Gasteiger partial charge in [0.1, 0.15) is 0 Å². The maximum Gasteiger partial charge on any atom is 0.314 e. The van der Waals surface area contributed by atoms with Crippen molar-refractivity contribution >= 4 is 12.0 Å². The van der Waals surface area contributed by atoms with Crippen LogP contribution in [0.2, 0.25) is 0 Å². The van der Waals surface area contributed by atoms with Crippen molar-refractivity contribution in [3.63, 3.8) is 0 Å². The molecule has 2 rings (SSSR count). The van der Waals surface area contributed by atoms with Crippen molar-refractivity contribution in [1.29, 1.82) is 0 Å². The molecule has 1 saturated carbocycles. The number of nitrogens with zero attached hydrogens (tertiary/aromatic N) is 2. The van der Waals surface area contributed by atoms with Crippen LogP contribution in [-0.2, 0) is 11.2 Å². The van der Waals surface area contributed by atoms with Crippen LogP contribution in [0.1, 0.15) is 31.0 Å². The summed E-state index contributed by atoms with van der Waals surface area (Å²) in [6.07, 6.45) is 2.94.